The standard InChI is InChI=1S/C30H35F4N3O5/c1-18-14-35(9-10-37(18)22-5-6-24(31)25(38)13-22)23-7-8-29(42-16-23,20-3-4-20)28(39)36-15-19-11-21(30(32,33)34)12-26(40-2)27(19)41-17-36/h5-6,11-13,18,20,23,38H,3-4,7-10,14-17H2,1-2H3. The van der Waals surface area contributed by atoms with E-state index in [4.69, 9.17) is 14.2 Å². The number of benzene rings is 2. The minimum absolute atomic E-state index is 0.00820. The van der Waals surface area contributed by atoms with Gasteiger partial charge in [-0.2, -0.15) is 13.2 Å². The van der Waals surface area contributed by atoms with Gasteiger partial charge in [0.25, 0.3) is 5.91 Å². The molecule has 3 heterocycles. The Morgan fingerprint density at radius 1 is 1.14 bits per heavy atom. The Labute approximate surface area is 241 Å². The normalized spacial score (nSPS) is 26.9. The SMILES string of the molecule is COc1cc(C(F)(F)F)cc2c1OCN(C(=O)C1(C3CC3)CCC(N3CCN(c4ccc(F)c(O)c4)C(C)C3)CO1)C2. The second-order valence-electron chi connectivity index (χ2n) is 11.8. The first kappa shape index (κ1) is 28.9. The zero-order valence-electron chi connectivity index (χ0n) is 23.6. The zero-order valence-corrected chi connectivity index (χ0v) is 23.6. The predicted molar refractivity (Wildman–Crippen MR) is 145 cm³/mol. The van der Waals surface area contributed by atoms with Crippen molar-refractivity contribution in [2.45, 2.75) is 63.0 Å². The highest BCUT2D eigenvalue weighted by Gasteiger charge is 2.56. The minimum Gasteiger partial charge on any atom is -0.505 e. The van der Waals surface area contributed by atoms with Crippen LogP contribution in [0.25, 0.3) is 0 Å². The Bertz CT molecular complexity index is 1340. The summed E-state index contributed by atoms with van der Waals surface area (Å²) in [5.74, 6) is -0.962. The first-order chi connectivity index (χ1) is 20.0. The van der Waals surface area contributed by atoms with E-state index >= 15 is 0 Å². The number of phenols is 1. The third-order valence-electron chi connectivity index (χ3n) is 9.11. The molecule has 2 aromatic rings. The number of methoxy groups -OCH3 is 1. The van der Waals surface area contributed by atoms with Crippen LogP contribution >= 0.6 is 0 Å². The molecule has 1 saturated carbocycles. The molecule has 3 aliphatic heterocycles. The number of aromatic hydroxyl groups is 1. The van der Waals surface area contributed by atoms with Gasteiger partial charge in [0.15, 0.2) is 29.8 Å². The molecule has 1 amide bonds. The number of anilines is 1. The van der Waals surface area contributed by atoms with Crippen LogP contribution in [0.5, 0.6) is 17.2 Å². The summed E-state index contributed by atoms with van der Waals surface area (Å²) >= 11 is 0. The maximum atomic E-state index is 14.0. The molecular weight excluding hydrogens is 558 g/mol. The van der Waals surface area contributed by atoms with Crippen LogP contribution in [0.4, 0.5) is 23.2 Å². The molecular formula is C30H35F4N3O5. The maximum Gasteiger partial charge on any atom is 0.416 e. The topological polar surface area (TPSA) is 74.7 Å². The molecule has 3 atom stereocenters. The second kappa shape index (κ2) is 10.8. The summed E-state index contributed by atoms with van der Waals surface area (Å²) < 4.78 is 71.5. The average molecular weight is 594 g/mol. The van der Waals surface area contributed by atoms with Crippen molar-refractivity contribution in [2.75, 3.05) is 45.0 Å². The van der Waals surface area contributed by atoms with Crippen LogP contribution in [-0.2, 0) is 22.3 Å². The van der Waals surface area contributed by atoms with E-state index in [-0.39, 0.29) is 60.0 Å². The van der Waals surface area contributed by atoms with Crippen molar-refractivity contribution in [3.05, 3.63) is 47.3 Å². The number of amides is 1. The molecule has 0 radical (unpaired) electrons. The van der Waals surface area contributed by atoms with Crippen molar-refractivity contribution in [1.82, 2.24) is 9.80 Å². The number of ether oxygens (including phenoxy) is 3. The lowest BCUT2D eigenvalue weighted by molar-refractivity contribution is -0.180. The minimum atomic E-state index is -4.56. The molecule has 228 valence electrons. The van der Waals surface area contributed by atoms with Crippen molar-refractivity contribution in [1.29, 1.82) is 0 Å². The molecule has 8 nitrogen and oxygen atoms in total. The highest BCUT2D eigenvalue weighted by atomic mass is 19.4. The lowest BCUT2D eigenvalue weighted by atomic mass is 9.85. The molecule has 4 aliphatic rings. The van der Waals surface area contributed by atoms with Crippen molar-refractivity contribution < 1.29 is 41.7 Å². The monoisotopic (exact) mass is 593 g/mol. The van der Waals surface area contributed by atoms with Crippen LogP contribution in [0.3, 0.4) is 0 Å². The number of carbonyl (C=O) groups excluding carboxylic acids is 1. The number of halogens is 4. The van der Waals surface area contributed by atoms with Crippen molar-refractivity contribution in [2.24, 2.45) is 5.92 Å². The fourth-order valence-electron chi connectivity index (χ4n) is 6.71. The summed E-state index contributed by atoms with van der Waals surface area (Å²) in [6, 6.07) is 6.55. The quantitative estimate of drug-likeness (QED) is 0.501. The number of fused-ring (bicyclic) bond motifs is 1. The van der Waals surface area contributed by atoms with Crippen LogP contribution in [0.2, 0.25) is 0 Å². The van der Waals surface area contributed by atoms with Crippen LogP contribution in [0.15, 0.2) is 30.3 Å². The molecule has 1 N–H and O–H groups in total. The van der Waals surface area contributed by atoms with Gasteiger partial charge in [0.1, 0.15) is 5.60 Å². The highest BCUT2D eigenvalue weighted by Crippen LogP contribution is 2.49. The maximum absolute atomic E-state index is 14.0. The van der Waals surface area contributed by atoms with Gasteiger partial charge in [-0.15, -0.1) is 0 Å². The van der Waals surface area contributed by atoms with Gasteiger partial charge in [0.05, 0.1) is 25.8 Å². The number of piperazine rings is 1. The molecule has 3 fully saturated rings. The molecule has 6 rings (SSSR count). The molecule has 1 aliphatic carbocycles. The van der Waals surface area contributed by atoms with E-state index in [9.17, 15) is 27.5 Å². The molecule has 12 heteroatoms. The summed E-state index contributed by atoms with van der Waals surface area (Å²) in [6.07, 6.45) is -1.54. The summed E-state index contributed by atoms with van der Waals surface area (Å²) in [4.78, 5) is 19.9. The zero-order chi connectivity index (χ0) is 29.8. The van der Waals surface area contributed by atoms with Crippen LogP contribution < -0.4 is 14.4 Å². The highest BCUT2D eigenvalue weighted by molar-refractivity contribution is 5.86. The van der Waals surface area contributed by atoms with E-state index in [1.807, 2.05) is 0 Å². The predicted octanol–water partition coefficient (Wildman–Crippen LogP) is 4.78. The lowest BCUT2D eigenvalue weighted by Crippen LogP contribution is -2.61. The van der Waals surface area contributed by atoms with Gasteiger partial charge in [-0.05, 0) is 62.8 Å². The van der Waals surface area contributed by atoms with E-state index in [0.29, 0.717) is 19.6 Å². The van der Waals surface area contributed by atoms with Crippen LogP contribution in [-0.4, -0.2) is 78.6 Å². The number of hydrogen-bond donors (Lipinski definition) is 1. The van der Waals surface area contributed by atoms with E-state index in [0.717, 1.165) is 50.2 Å². The largest absolute Gasteiger partial charge is 0.505 e. The second-order valence-corrected chi connectivity index (χ2v) is 11.8. The van der Waals surface area contributed by atoms with Gasteiger partial charge < -0.3 is 29.1 Å². The number of phenolic OH excluding ortho intramolecular Hbond substituents is 1. The summed E-state index contributed by atoms with van der Waals surface area (Å²) in [5, 5.41) is 9.81. The molecule has 0 spiro atoms. The Hall–Kier alpha value is -3.25. The number of hydrogen-bond acceptors (Lipinski definition) is 7. The Balaban J connectivity index is 1.12. The van der Waals surface area contributed by atoms with E-state index < -0.39 is 23.2 Å². The van der Waals surface area contributed by atoms with E-state index in [1.54, 1.807) is 6.07 Å². The van der Waals surface area contributed by atoms with Gasteiger partial charge in [0, 0.05) is 49.0 Å². The Kier molecular flexibility index (Phi) is 7.41. The van der Waals surface area contributed by atoms with Crippen LogP contribution in [0, 0.1) is 11.7 Å². The first-order valence-corrected chi connectivity index (χ1v) is 14.3. The molecule has 3 unspecified atom stereocenters. The Morgan fingerprint density at radius 3 is 2.55 bits per heavy atom. The van der Waals surface area contributed by atoms with Crippen molar-refractivity contribution in [3.63, 3.8) is 0 Å². The summed E-state index contributed by atoms with van der Waals surface area (Å²) in [6.45, 7) is 4.55. The third kappa shape index (κ3) is 5.23. The van der Waals surface area contributed by atoms with E-state index in [1.165, 1.54) is 24.1 Å². The van der Waals surface area contributed by atoms with Crippen molar-refractivity contribution in [3.8, 4) is 17.2 Å². The molecule has 0 bridgehead atoms. The average Bonchev–Trinajstić information content (AvgIpc) is 3.83. The molecule has 2 aromatic carbocycles. The van der Waals surface area contributed by atoms with Gasteiger partial charge >= 0.3 is 6.18 Å². The molecule has 0 aromatic heterocycles. The molecule has 2 saturated heterocycles. The van der Waals surface area contributed by atoms with Crippen molar-refractivity contribution >= 4 is 11.6 Å². The smallest absolute Gasteiger partial charge is 0.416 e. The summed E-state index contributed by atoms with van der Waals surface area (Å²) in [5.41, 5.74) is -0.843. The van der Waals surface area contributed by atoms with Crippen LogP contribution in [0.1, 0.15) is 43.7 Å². The van der Waals surface area contributed by atoms with Gasteiger partial charge in [-0.3, -0.25) is 9.69 Å². The van der Waals surface area contributed by atoms with Gasteiger partial charge in [0.2, 0.25) is 0 Å². The van der Waals surface area contributed by atoms with E-state index in [2.05, 4.69) is 16.7 Å². The number of alkyl halides is 3. The first-order valence-electron chi connectivity index (χ1n) is 14.3. The fraction of sp³-hybridized carbons (Fsp3) is 0.567. The number of rotatable bonds is 5. The Morgan fingerprint density at radius 2 is 1.93 bits per heavy atom. The number of carbonyl (C=O) groups is 1. The fourth-order valence-corrected chi connectivity index (χ4v) is 6.71. The molecule has 42 heavy (non-hydrogen) atoms. The van der Waals surface area contributed by atoms with Gasteiger partial charge in [-0.1, -0.05) is 0 Å². The summed E-state index contributed by atoms with van der Waals surface area (Å²) in [7, 11) is 1.29. The lowest BCUT2D eigenvalue weighted by Gasteiger charge is -2.48. The van der Waals surface area contributed by atoms with Gasteiger partial charge in [-0.25, -0.2) is 4.39 Å². The third-order valence-corrected chi connectivity index (χ3v) is 9.11. The number of nitrogens with zero attached hydrogens (tertiary/aromatic N) is 3.